The molecule has 1 N–H and O–H groups in total. The average Bonchev–Trinajstić information content (AvgIpc) is 2.69. The van der Waals surface area contributed by atoms with Crippen molar-refractivity contribution in [2.24, 2.45) is 0 Å². The lowest BCUT2D eigenvalue weighted by molar-refractivity contribution is -0.140. The molecule has 9 nitrogen and oxygen atoms in total. The number of alkyl carbamates (subject to hydrolysis) is 1. The molecule has 0 spiro atoms. The minimum absolute atomic E-state index is 0.000949. The second kappa shape index (κ2) is 12.2. The molecule has 1 amide bonds. The maximum Gasteiger partial charge on any atom is 0.407 e. The summed E-state index contributed by atoms with van der Waals surface area (Å²) in [6.07, 6.45) is -1.29. The second-order valence-corrected chi connectivity index (χ2v) is 5.94. The molecule has 0 fully saturated rings. The number of benzene rings is 1. The topological polar surface area (TPSA) is 117 Å². The van der Waals surface area contributed by atoms with E-state index in [1.165, 1.54) is 19.1 Å². The Labute approximate surface area is 169 Å². The largest absolute Gasteiger partial charge is 0.459 e. The van der Waals surface area contributed by atoms with Gasteiger partial charge in [0.25, 0.3) is 0 Å². The van der Waals surface area contributed by atoms with Gasteiger partial charge >= 0.3 is 24.0 Å². The first-order valence-electron chi connectivity index (χ1n) is 8.96. The summed E-state index contributed by atoms with van der Waals surface area (Å²) in [5.41, 5.74) is 0.234. The second-order valence-electron chi connectivity index (χ2n) is 5.94. The SMILES string of the molecule is C=C(C)C(=O)OCCOC(=O)c1ccccc1C(=O)OCC(C)OC(=O)NCC. The molecule has 1 unspecified atom stereocenters. The van der Waals surface area contributed by atoms with Gasteiger partial charge in [0, 0.05) is 12.1 Å². The van der Waals surface area contributed by atoms with E-state index in [9.17, 15) is 19.2 Å². The molecule has 1 rings (SSSR count). The van der Waals surface area contributed by atoms with E-state index in [2.05, 4.69) is 11.9 Å². The number of amides is 1. The fourth-order valence-electron chi connectivity index (χ4n) is 1.98. The molecule has 1 atom stereocenters. The minimum Gasteiger partial charge on any atom is -0.459 e. The highest BCUT2D eigenvalue weighted by atomic mass is 16.6. The van der Waals surface area contributed by atoms with Crippen LogP contribution in [0, 0.1) is 0 Å². The standard InChI is InChI=1S/C20H25NO8/c1-5-21-20(25)29-14(4)12-28-19(24)16-9-7-6-8-15(16)18(23)27-11-10-26-17(22)13(2)3/h6-9,14H,2,5,10-12H2,1,3-4H3,(H,21,25). The van der Waals surface area contributed by atoms with Crippen LogP contribution in [0.1, 0.15) is 41.5 Å². The van der Waals surface area contributed by atoms with Crippen molar-refractivity contribution in [3.8, 4) is 0 Å². The van der Waals surface area contributed by atoms with Gasteiger partial charge in [0.15, 0.2) is 0 Å². The van der Waals surface area contributed by atoms with E-state index in [0.29, 0.717) is 6.54 Å². The smallest absolute Gasteiger partial charge is 0.407 e. The summed E-state index contributed by atoms with van der Waals surface area (Å²) in [6.45, 7) is 8.15. The lowest BCUT2D eigenvalue weighted by Crippen LogP contribution is -2.30. The molecule has 0 bridgehead atoms. The van der Waals surface area contributed by atoms with E-state index in [-0.39, 0.29) is 36.5 Å². The zero-order valence-corrected chi connectivity index (χ0v) is 16.7. The summed E-state index contributed by atoms with van der Waals surface area (Å²) in [5.74, 6) is -2.12. The summed E-state index contributed by atoms with van der Waals surface area (Å²) >= 11 is 0. The Bertz CT molecular complexity index is 759. The Morgan fingerprint density at radius 1 is 1.00 bits per heavy atom. The van der Waals surface area contributed by atoms with Crippen LogP contribution in [0.4, 0.5) is 4.79 Å². The van der Waals surface area contributed by atoms with Crippen molar-refractivity contribution < 1.29 is 38.1 Å². The molecule has 0 heterocycles. The van der Waals surface area contributed by atoms with Crippen LogP contribution < -0.4 is 5.32 Å². The highest BCUT2D eigenvalue weighted by Gasteiger charge is 2.20. The maximum absolute atomic E-state index is 12.3. The molecule has 29 heavy (non-hydrogen) atoms. The molecule has 0 saturated carbocycles. The number of ether oxygens (including phenoxy) is 4. The predicted octanol–water partition coefficient (Wildman–Crippen LogP) is 2.25. The van der Waals surface area contributed by atoms with Gasteiger partial charge < -0.3 is 24.3 Å². The normalized spacial score (nSPS) is 11.0. The molecule has 9 heteroatoms. The lowest BCUT2D eigenvalue weighted by atomic mass is 10.1. The molecule has 0 aliphatic heterocycles. The van der Waals surface area contributed by atoms with Crippen molar-refractivity contribution in [2.45, 2.75) is 26.9 Å². The molecule has 158 valence electrons. The van der Waals surface area contributed by atoms with Crippen LogP contribution in [0.3, 0.4) is 0 Å². The Morgan fingerprint density at radius 2 is 1.55 bits per heavy atom. The van der Waals surface area contributed by atoms with E-state index >= 15 is 0 Å². The number of esters is 3. The van der Waals surface area contributed by atoms with Gasteiger partial charge in [0.2, 0.25) is 0 Å². The number of hydrogen-bond donors (Lipinski definition) is 1. The average molecular weight is 407 g/mol. The summed E-state index contributed by atoms with van der Waals surface area (Å²) in [5, 5.41) is 2.46. The first kappa shape index (κ1) is 23.7. The van der Waals surface area contributed by atoms with Gasteiger partial charge in [-0.3, -0.25) is 0 Å². The Morgan fingerprint density at radius 3 is 2.10 bits per heavy atom. The Kier molecular flexibility index (Phi) is 9.94. The first-order valence-corrected chi connectivity index (χ1v) is 8.96. The van der Waals surface area contributed by atoms with E-state index in [1.54, 1.807) is 26.0 Å². The molecular weight excluding hydrogens is 382 g/mol. The van der Waals surface area contributed by atoms with E-state index in [4.69, 9.17) is 18.9 Å². The molecule has 1 aromatic carbocycles. The van der Waals surface area contributed by atoms with Crippen molar-refractivity contribution in [3.63, 3.8) is 0 Å². The third-order valence-corrected chi connectivity index (χ3v) is 3.34. The molecule has 0 radical (unpaired) electrons. The van der Waals surface area contributed by atoms with Crippen LogP contribution in [0.2, 0.25) is 0 Å². The van der Waals surface area contributed by atoms with Crippen molar-refractivity contribution in [1.82, 2.24) is 5.32 Å². The minimum atomic E-state index is -0.768. The first-order chi connectivity index (χ1) is 13.8. The van der Waals surface area contributed by atoms with Crippen LogP contribution in [0.15, 0.2) is 36.4 Å². The van der Waals surface area contributed by atoms with Gasteiger partial charge in [0.05, 0.1) is 11.1 Å². The van der Waals surface area contributed by atoms with Crippen molar-refractivity contribution >= 4 is 24.0 Å². The Balaban J connectivity index is 2.60. The monoisotopic (exact) mass is 407 g/mol. The number of nitrogens with one attached hydrogen (secondary N) is 1. The zero-order valence-electron chi connectivity index (χ0n) is 16.7. The van der Waals surface area contributed by atoms with Crippen molar-refractivity contribution in [2.75, 3.05) is 26.4 Å². The Hall–Kier alpha value is -3.36. The summed E-state index contributed by atoms with van der Waals surface area (Å²) in [6, 6.07) is 5.95. The van der Waals surface area contributed by atoms with Gasteiger partial charge in [-0.15, -0.1) is 0 Å². The van der Waals surface area contributed by atoms with Crippen LogP contribution in [-0.2, 0) is 23.7 Å². The number of rotatable bonds is 10. The van der Waals surface area contributed by atoms with Crippen LogP contribution in [0.5, 0.6) is 0 Å². The third kappa shape index (κ3) is 8.46. The van der Waals surface area contributed by atoms with Gasteiger partial charge in [-0.25, -0.2) is 19.2 Å². The van der Waals surface area contributed by atoms with Gasteiger partial charge in [-0.2, -0.15) is 0 Å². The van der Waals surface area contributed by atoms with Crippen LogP contribution in [0.25, 0.3) is 0 Å². The molecule has 0 aromatic heterocycles. The molecule has 0 saturated heterocycles. The summed E-state index contributed by atoms with van der Waals surface area (Å²) in [7, 11) is 0. The van der Waals surface area contributed by atoms with E-state index < -0.39 is 30.1 Å². The van der Waals surface area contributed by atoms with Crippen molar-refractivity contribution in [1.29, 1.82) is 0 Å². The van der Waals surface area contributed by atoms with Crippen LogP contribution in [-0.4, -0.2) is 56.5 Å². The zero-order chi connectivity index (χ0) is 21.8. The number of carbonyl (C=O) groups excluding carboxylic acids is 4. The van der Waals surface area contributed by atoms with E-state index in [0.717, 1.165) is 0 Å². The summed E-state index contributed by atoms with van der Waals surface area (Å²) < 4.78 is 20.0. The molecular formula is C20H25NO8. The van der Waals surface area contributed by atoms with E-state index in [1.807, 2.05) is 0 Å². The molecule has 0 aliphatic carbocycles. The summed E-state index contributed by atoms with van der Waals surface area (Å²) in [4.78, 5) is 47.2. The van der Waals surface area contributed by atoms with Crippen molar-refractivity contribution in [3.05, 3.63) is 47.5 Å². The third-order valence-electron chi connectivity index (χ3n) is 3.34. The van der Waals surface area contributed by atoms with Crippen LogP contribution >= 0.6 is 0 Å². The van der Waals surface area contributed by atoms with Gasteiger partial charge in [-0.1, -0.05) is 18.7 Å². The highest BCUT2D eigenvalue weighted by molar-refractivity contribution is 6.03. The quantitative estimate of drug-likeness (QED) is 0.272. The maximum atomic E-state index is 12.3. The fourth-order valence-corrected chi connectivity index (χ4v) is 1.98. The predicted molar refractivity (Wildman–Crippen MR) is 102 cm³/mol. The van der Waals surface area contributed by atoms with Gasteiger partial charge in [0.1, 0.15) is 25.9 Å². The lowest BCUT2D eigenvalue weighted by Gasteiger charge is -2.14. The molecule has 0 aliphatic rings. The molecule has 1 aromatic rings. The number of carbonyl (C=O) groups is 4. The van der Waals surface area contributed by atoms with Gasteiger partial charge in [-0.05, 0) is 32.9 Å². The number of hydrogen-bond acceptors (Lipinski definition) is 8. The highest BCUT2D eigenvalue weighted by Crippen LogP contribution is 2.12. The fraction of sp³-hybridized carbons (Fsp3) is 0.400.